The molecule has 0 spiro atoms. The maximum absolute atomic E-state index is 10.6. The van der Waals surface area contributed by atoms with Crippen LogP contribution >= 0.6 is 11.6 Å². The first-order chi connectivity index (χ1) is 7.28. The summed E-state index contributed by atoms with van der Waals surface area (Å²) in [5, 5.41) is 2.72. The van der Waals surface area contributed by atoms with Crippen molar-refractivity contribution in [1.29, 1.82) is 0 Å². The second-order valence-electron chi connectivity index (χ2n) is 3.45. The molecule has 0 saturated carbocycles. The largest absolute Gasteiger partial charge is 0.341 e. The first-order valence-corrected chi connectivity index (χ1v) is 4.91. The van der Waals surface area contributed by atoms with Gasteiger partial charge in [-0.25, -0.2) is 0 Å². The fraction of sp³-hybridized carbons (Fsp3) is 0. The van der Waals surface area contributed by atoms with Crippen LogP contribution in [0.2, 0.25) is 5.02 Å². The summed E-state index contributed by atoms with van der Waals surface area (Å²) in [6.45, 7) is 0. The van der Waals surface area contributed by atoms with Gasteiger partial charge in [0.15, 0.2) is 6.29 Å². The lowest BCUT2D eigenvalue weighted by Crippen LogP contribution is -1.76. The van der Waals surface area contributed by atoms with E-state index in [0.29, 0.717) is 10.7 Å². The Morgan fingerprint density at radius 1 is 1.13 bits per heavy atom. The summed E-state index contributed by atoms with van der Waals surface area (Å²) in [6.07, 6.45) is 0.796. The van der Waals surface area contributed by atoms with Crippen LogP contribution in [0.15, 0.2) is 24.3 Å². The number of fused-ring (bicyclic) bond motifs is 3. The van der Waals surface area contributed by atoms with Gasteiger partial charge in [0.2, 0.25) is 0 Å². The quantitative estimate of drug-likeness (QED) is 0.606. The van der Waals surface area contributed by atoms with Gasteiger partial charge in [-0.3, -0.25) is 4.79 Å². The third-order valence-electron chi connectivity index (χ3n) is 2.50. The summed E-state index contributed by atoms with van der Waals surface area (Å²) in [6, 6.07) is 7.46. The molecule has 3 aromatic rings. The van der Waals surface area contributed by atoms with Gasteiger partial charge in [-0.15, -0.1) is 0 Å². The average molecular weight is 219 g/mol. The molecule has 1 aromatic carbocycles. The molecule has 2 N–H and O–H groups in total. The van der Waals surface area contributed by atoms with E-state index in [1.807, 2.05) is 24.3 Å². The smallest absolute Gasteiger partial charge is 0.166 e. The SMILES string of the molecule is O=Cc1cc2c([nH]1)[nH]c1ccc(Cl)cc12. The Labute approximate surface area is 90.0 Å². The van der Waals surface area contributed by atoms with Crippen molar-refractivity contribution in [2.45, 2.75) is 0 Å². The average Bonchev–Trinajstić information content (AvgIpc) is 2.75. The summed E-state index contributed by atoms with van der Waals surface area (Å²) < 4.78 is 0. The molecule has 4 heteroatoms. The van der Waals surface area contributed by atoms with E-state index in [4.69, 9.17) is 11.6 Å². The molecule has 0 radical (unpaired) electrons. The molecule has 0 bridgehead atoms. The number of hydrogen-bond acceptors (Lipinski definition) is 1. The van der Waals surface area contributed by atoms with Gasteiger partial charge in [0, 0.05) is 21.3 Å². The van der Waals surface area contributed by atoms with Gasteiger partial charge in [0.05, 0.1) is 5.69 Å². The number of hydrogen-bond donors (Lipinski definition) is 2. The van der Waals surface area contributed by atoms with Gasteiger partial charge in [-0.2, -0.15) is 0 Å². The van der Waals surface area contributed by atoms with Gasteiger partial charge < -0.3 is 9.97 Å². The molecule has 3 nitrogen and oxygen atoms in total. The van der Waals surface area contributed by atoms with Crippen molar-refractivity contribution in [3.8, 4) is 0 Å². The minimum absolute atomic E-state index is 0.568. The van der Waals surface area contributed by atoms with Crippen LogP contribution in [0.25, 0.3) is 21.9 Å². The zero-order valence-corrected chi connectivity index (χ0v) is 8.43. The molecule has 0 atom stereocenters. The van der Waals surface area contributed by atoms with E-state index < -0.39 is 0 Å². The summed E-state index contributed by atoms with van der Waals surface area (Å²) >= 11 is 5.92. The summed E-state index contributed by atoms with van der Waals surface area (Å²) in [5.41, 5.74) is 2.44. The first kappa shape index (κ1) is 8.56. The van der Waals surface area contributed by atoms with Crippen molar-refractivity contribution in [3.05, 3.63) is 35.0 Å². The van der Waals surface area contributed by atoms with Crippen molar-refractivity contribution in [2.24, 2.45) is 0 Å². The second-order valence-corrected chi connectivity index (χ2v) is 3.88. The Balaban J connectivity index is 2.47. The van der Waals surface area contributed by atoms with E-state index in [2.05, 4.69) is 9.97 Å². The van der Waals surface area contributed by atoms with Crippen LogP contribution in [0.5, 0.6) is 0 Å². The van der Waals surface area contributed by atoms with Crippen molar-refractivity contribution in [2.75, 3.05) is 0 Å². The molecular weight excluding hydrogens is 212 g/mol. The Hall–Kier alpha value is -1.74. The number of benzene rings is 1. The molecule has 2 heterocycles. The summed E-state index contributed by atoms with van der Waals surface area (Å²) in [4.78, 5) is 16.8. The number of halogens is 1. The van der Waals surface area contributed by atoms with E-state index in [9.17, 15) is 4.79 Å². The Bertz CT molecular complexity index is 666. The van der Waals surface area contributed by atoms with Crippen LogP contribution in [0.3, 0.4) is 0 Å². The first-order valence-electron chi connectivity index (χ1n) is 4.53. The summed E-state index contributed by atoms with van der Waals surface area (Å²) in [5.74, 6) is 0. The second kappa shape index (κ2) is 2.87. The number of aldehydes is 1. The molecular formula is C11H7ClN2O. The zero-order valence-electron chi connectivity index (χ0n) is 7.67. The van der Waals surface area contributed by atoms with Gasteiger partial charge >= 0.3 is 0 Å². The lowest BCUT2D eigenvalue weighted by Gasteiger charge is -1.90. The minimum Gasteiger partial charge on any atom is -0.341 e. The lowest BCUT2D eigenvalue weighted by atomic mass is 10.2. The molecule has 0 aliphatic heterocycles. The fourth-order valence-electron chi connectivity index (χ4n) is 1.83. The van der Waals surface area contributed by atoms with E-state index in [1.54, 1.807) is 0 Å². The van der Waals surface area contributed by atoms with Gasteiger partial charge in [0.1, 0.15) is 5.65 Å². The molecule has 0 aliphatic rings. The van der Waals surface area contributed by atoms with Crippen molar-refractivity contribution in [1.82, 2.24) is 9.97 Å². The predicted octanol–water partition coefficient (Wildman–Crippen LogP) is 3.12. The van der Waals surface area contributed by atoms with Crippen LogP contribution in [-0.4, -0.2) is 16.3 Å². The van der Waals surface area contributed by atoms with Crippen LogP contribution in [-0.2, 0) is 0 Å². The van der Waals surface area contributed by atoms with Gasteiger partial charge in [0.25, 0.3) is 0 Å². The maximum atomic E-state index is 10.6. The molecule has 0 aliphatic carbocycles. The zero-order chi connectivity index (χ0) is 10.4. The Morgan fingerprint density at radius 3 is 2.80 bits per heavy atom. The molecule has 0 unspecified atom stereocenters. The monoisotopic (exact) mass is 218 g/mol. The Morgan fingerprint density at radius 2 is 2.00 bits per heavy atom. The number of carbonyl (C=O) groups is 1. The van der Waals surface area contributed by atoms with Crippen LogP contribution in [0, 0.1) is 0 Å². The van der Waals surface area contributed by atoms with Crippen molar-refractivity contribution < 1.29 is 4.79 Å². The van der Waals surface area contributed by atoms with Crippen molar-refractivity contribution in [3.63, 3.8) is 0 Å². The number of H-pyrrole nitrogens is 2. The topological polar surface area (TPSA) is 48.6 Å². The molecule has 0 saturated heterocycles. The van der Waals surface area contributed by atoms with Crippen LogP contribution in [0.4, 0.5) is 0 Å². The van der Waals surface area contributed by atoms with Crippen LogP contribution < -0.4 is 0 Å². The van der Waals surface area contributed by atoms with Gasteiger partial charge in [-0.05, 0) is 24.3 Å². The third kappa shape index (κ3) is 1.17. The molecule has 74 valence electrons. The fourth-order valence-corrected chi connectivity index (χ4v) is 2.00. The normalized spacial score (nSPS) is 11.3. The van der Waals surface area contributed by atoms with Gasteiger partial charge in [-0.1, -0.05) is 11.6 Å². The van der Waals surface area contributed by atoms with Crippen molar-refractivity contribution >= 4 is 39.8 Å². The molecule has 15 heavy (non-hydrogen) atoms. The number of carbonyl (C=O) groups excluding carboxylic acids is 1. The highest BCUT2D eigenvalue weighted by Gasteiger charge is 2.07. The number of nitrogens with one attached hydrogen (secondary N) is 2. The summed E-state index contributed by atoms with van der Waals surface area (Å²) in [7, 11) is 0. The highest BCUT2D eigenvalue weighted by Crippen LogP contribution is 2.27. The number of aromatic amines is 2. The van der Waals surface area contributed by atoms with E-state index in [1.165, 1.54) is 0 Å². The van der Waals surface area contributed by atoms with E-state index in [0.717, 1.165) is 28.2 Å². The van der Waals surface area contributed by atoms with E-state index in [-0.39, 0.29) is 0 Å². The lowest BCUT2D eigenvalue weighted by molar-refractivity contribution is 0.112. The minimum atomic E-state index is 0.568. The third-order valence-corrected chi connectivity index (χ3v) is 2.73. The predicted molar refractivity (Wildman–Crippen MR) is 60.6 cm³/mol. The highest BCUT2D eigenvalue weighted by molar-refractivity contribution is 6.31. The highest BCUT2D eigenvalue weighted by atomic mass is 35.5. The number of rotatable bonds is 1. The maximum Gasteiger partial charge on any atom is 0.166 e. The van der Waals surface area contributed by atoms with Crippen LogP contribution in [0.1, 0.15) is 10.5 Å². The molecule has 0 fully saturated rings. The molecule has 2 aromatic heterocycles. The molecule has 0 amide bonds. The Kier molecular flexibility index (Phi) is 1.64. The standard InChI is InChI=1S/C11H7ClN2O/c12-6-1-2-10-8(3-6)9-4-7(5-15)13-11(9)14-10/h1-5,13-14H. The molecule has 3 rings (SSSR count). The van der Waals surface area contributed by atoms with E-state index >= 15 is 0 Å². The number of aromatic nitrogens is 2.